The second-order valence-corrected chi connectivity index (χ2v) is 8.72. The van der Waals surface area contributed by atoms with Crippen LogP contribution >= 0.6 is 0 Å². The fraction of sp³-hybridized carbons (Fsp3) is 0.267. The molecule has 5 rings (SSSR count). The molecule has 0 saturated heterocycles. The standard InChI is InChI=1S/C30H31N3O4/c1-23-10-12-25(31-20-23)26-13-11-24(21-32-26)22-33-27-6-2-4-8-29(27)36-18-16-34-14-15-35-17-19-37-30-9-5-3-7-28(30)33/h2-13,20-21H,14-19,22H2,1H3. The van der Waals surface area contributed by atoms with Gasteiger partial charge in [-0.2, -0.15) is 0 Å². The highest BCUT2D eigenvalue weighted by molar-refractivity contribution is 5.73. The van der Waals surface area contributed by atoms with Gasteiger partial charge in [-0.1, -0.05) is 36.4 Å². The summed E-state index contributed by atoms with van der Waals surface area (Å²) in [6.45, 7) is 5.52. The van der Waals surface area contributed by atoms with Gasteiger partial charge < -0.3 is 23.8 Å². The first-order valence-electron chi connectivity index (χ1n) is 12.5. The van der Waals surface area contributed by atoms with Gasteiger partial charge in [0.05, 0.1) is 49.2 Å². The Balaban J connectivity index is 1.49. The fourth-order valence-electron chi connectivity index (χ4n) is 4.12. The first-order valence-corrected chi connectivity index (χ1v) is 12.5. The molecule has 0 bridgehead atoms. The van der Waals surface area contributed by atoms with Gasteiger partial charge in [0.15, 0.2) is 0 Å². The minimum atomic E-state index is 0.447. The molecule has 0 radical (unpaired) electrons. The molecule has 0 amide bonds. The summed E-state index contributed by atoms with van der Waals surface area (Å²) in [7, 11) is 0. The molecule has 0 aliphatic carbocycles. The lowest BCUT2D eigenvalue weighted by Crippen LogP contribution is -2.19. The SMILES string of the molecule is Cc1ccc(-c2ccc(CN3c4ccccc4OCCOCCOCCOc4ccccc43)cn2)nc1. The third kappa shape index (κ3) is 6.44. The maximum absolute atomic E-state index is 6.16. The molecule has 0 unspecified atom stereocenters. The molecular weight excluding hydrogens is 466 g/mol. The maximum atomic E-state index is 6.16. The van der Waals surface area contributed by atoms with Crippen LogP contribution in [0.2, 0.25) is 0 Å². The summed E-state index contributed by atoms with van der Waals surface area (Å²) in [4.78, 5) is 11.4. The lowest BCUT2D eigenvalue weighted by Gasteiger charge is -2.29. The molecule has 0 saturated carbocycles. The molecule has 2 aromatic heterocycles. The van der Waals surface area contributed by atoms with E-state index in [0.29, 0.717) is 46.2 Å². The molecule has 0 fully saturated rings. The number of hydrogen-bond acceptors (Lipinski definition) is 7. The highest BCUT2D eigenvalue weighted by Crippen LogP contribution is 2.39. The van der Waals surface area contributed by atoms with E-state index in [1.807, 2.05) is 73.9 Å². The number of fused-ring (bicyclic) bond motifs is 2. The molecule has 7 nitrogen and oxygen atoms in total. The molecule has 0 N–H and O–H groups in total. The highest BCUT2D eigenvalue weighted by Gasteiger charge is 2.19. The van der Waals surface area contributed by atoms with Gasteiger partial charge in [-0.25, -0.2) is 0 Å². The monoisotopic (exact) mass is 497 g/mol. The summed E-state index contributed by atoms with van der Waals surface area (Å²) < 4.78 is 23.6. The van der Waals surface area contributed by atoms with Gasteiger partial charge in [0, 0.05) is 18.9 Å². The first kappa shape index (κ1) is 24.7. The van der Waals surface area contributed by atoms with Crippen molar-refractivity contribution in [3.63, 3.8) is 0 Å². The summed E-state index contributed by atoms with van der Waals surface area (Å²) in [5, 5.41) is 0. The van der Waals surface area contributed by atoms with E-state index < -0.39 is 0 Å². The molecule has 3 heterocycles. The van der Waals surface area contributed by atoms with Gasteiger partial charge in [-0.15, -0.1) is 0 Å². The van der Waals surface area contributed by atoms with E-state index in [-0.39, 0.29) is 0 Å². The van der Waals surface area contributed by atoms with Crippen molar-refractivity contribution in [1.29, 1.82) is 0 Å². The van der Waals surface area contributed by atoms with E-state index in [1.165, 1.54) is 0 Å². The van der Waals surface area contributed by atoms with Crippen LogP contribution in [-0.4, -0.2) is 49.6 Å². The highest BCUT2D eigenvalue weighted by atomic mass is 16.6. The molecule has 7 heteroatoms. The van der Waals surface area contributed by atoms with E-state index >= 15 is 0 Å². The first-order chi connectivity index (χ1) is 18.3. The molecule has 4 aromatic rings. The number of ether oxygens (including phenoxy) is 4. The van der Waals surface area contributed by atoms with Gasteiger partial charge >= 0.3 is 0 Å². The van der Waals surface area contributed by atoms with Crippen molar-refractivity contribution in [1.82, 2.24) is 9.97 Å². The van der Waals surface area contributed by atoms with Crippen molar-refractivity contribution in [2.24, 2.45) is 0 Å². The van der Waals surface area contributed by atoms with Gasteiger partial charge in [-0.3, -0.25) is 9.97 Å². The van der Waals surface area contributed by atoms with Crippen LogP contribution in [0.25, 0.3) is 11.4 Å². The number of hydrogen-bond donors (Lipinski definition) is 0. The Kier molecular flexibility index (Phi) is 8.25. The lowest BCUT2D eigenvalue weighted by atomic mass is 10.1. The molecule has 0 atom stereocenters. The van der Waals surface area contributed by atoms with Crippen molar-refractivity contribution in [3.05, 3.63) is 96.3 Å². The Bertz CT molecular complexity index is 1220. The Labute approximate surface area is 217 Å². The Morgan fingerprint density at radius 3 is 1.70 bits per heavy atom. The van der Waals surface area contributed by atoms with Gasteiger partial charge in [0.1, 0.15) is 24.7 Å². The van der Waals surface area contributed by atoms with Crippen molar-refractivity contribution >= 4 is 11.4 Å². The smallest absolute Gasteiger partial charge is 0.143 e. The summed E-state index contributed by atoms with van der Waals surface area (Å²) in [5.74, 6) is 1.56. The van der Waals surface area contributed by atoms with E-state index in [0.717, 1.165) is 45.4 Å². The maximum Gasteiger partial charge on any atom is 0.143 e. The minimum Gasteiger partial charge on any atom is -0.489 e. The van der Waals surface area contributed by atoms with Crippen LogP contribution < -0.4 is 14.4 Å². The van der Waals surface area contributed by atoms with E-state index in [9.17, 15) is 0 Å². The van der Waals surface area contributed by atoms with E-state index in [2.05, 4.69) is 28.1 Å². The third-order valence-electron chi connectivity index (χ3n) is 5.99. The van der Waals surface area contributed by atoms with Crippen molar-refractivity contribution < 1.29 is 18.9 Å². The second kappa shape index (κ2) is 12.3. The second-order valence-electron chi connectivity index (χ2n) is 8.72. The predicted molar refractivity (Wildman–Crippen MR) is 144 cm³/mol. The van der Waals surface area contributed by atoms with Crippen LogP contribution in [0.1, 0.15) is 11.1 Å². The van der Waals surface area contributed by atoms with Crippen LogP contribution in [0.5, 0.6) is 11.5 Å². The average Bonchev–Trinajstić information content (AvgIpc) is 2.94. The number of pyridine rings is 2. The topological polar surface area (TPSA) is 65.9 Å². The minimum absolute atomic E-state index is 0.447. The Morgan fingerprint density at radius 2 is 1.16 bits per heavy atom. The molecular formula is C30H31N3O4. The number of benzene rings is 2. The largest absolute Gasteiger partial charge is 0.489 e. The normalized spacial score (nSPS) is 14.8. The lowest BCUT2D eigenvalue weighted by molar-refractivity contribution is 0.0276. The van der Waals surface area contributed by atoms with Crippen molar-refractivity contribution in [2.45, 2.75) is 13.5 Å². The summed E-state index contributed by atoms with van der Waals surface area (Å²) in [6, 6.07) is 24.2. The van der Waals surface area contributed by atoms with E-state index in [4.69, 9.17) is 23.9 Å². The Morgan fingerprint density at radius 1 is 0.622 bits per heavy atom. The van der Waals surface area contributed by atoms with Crippen LogP contribution in [-0.2, 0) is 16.0 Å². The van der Waals surface area contributed by atoms with Crippen molar-refractivity contribution in [3.8, 4) is 22.9 Å². The molecule has 190 valence electrons. The zero-order valence-corrected chi connectivity index (χ0v) is 21.0. The number of para-hydroxylation sites is 4. The molecule has 1 aliphatic heterocycles. The third-order valence-corrected chi connectivity index (χ3v) is 5.99. The molecule has 1 aliphatic rings. The number of nitrogens with zero attached hydrogens (tertiary/aromatic N) is 3. The zero-order chi connectivity index (χ0) is 25.3. The van der Waals surface area contributed by atoms with Gasteiger partial charge in [0.2, 0.25) is 0 Å². The van der Waals surface area contributed by atoms with Crippen LogP contribution in [0.15, 0.2) is 85.2 Å². The zero-order valence-electron chi connectivity index (χ0n) is 21.0. The van der Waals surface area contributed by atoms with E-state index in [1.54, 1.807) is 0 Å². The molecule has 0 spiro atoms. The summed E-state index contributed by atoms with van der Waals surface area (Å²) >= 11 is 0. The van der Waals surface area contributed by atoms with Gasteiger partial charge in [-0.05, 0) is 54.4 Å². The van der Waals surface area contributed by atoms with Crippen LogP contribution in [0, 0.1) is 6.92 Å². The quantitative estimate of drug-likeness (QED) is 0.365. The molecule has 2 aromatic carbocycles. The van der Waals surface area contributed by atoms with Crippen LogP contribution in [0.3, 0.4) is 0 Å². The number of rotatable bonds is 3. The fourth-order valence-corrected chi connectivity index (χ4v) is 4.12. The number of aromatic nitrogens is 2. The summed E-state index contributed by atoms with van der Waals surface area (Å²) in [6.07, 6.45) is 3.76. The predicted octanol–water partition coefficient (Wildman–Crippen LogP) is 5.59. The van der Waals surface area contributed by atoms with Crippen LogP contribution in [0.4, 0.5) is 11.4 Å². The number of aryl methyl sites for hydroxylation is 1. The molecule has 37 heavy (non-hydrogen) atoms. The average molecular weight is 498 g/mol. The van der Waals surface area contributed by atoms with Gasteiger partial charge in [0.25, 0.3) is 0 Å². The van der Waals surface area contributed by atoms with Crippen molar-refractivity contribution in [2.75, 3.05) is 44.5 Å². The number of anilines is 2. The Hall–Kier alpha value is -3.94. The summed E-state index contributed by atoms with van der Waals surface area (Å²) in [5.41, 5.74) is 5.74.